The number of aromatic carboxylic acids is 1. The molecular weight excluding hydrogens is 453 g/mol. The topological polar surface area (TPSA) is 54.4 Å². The quantitative estimate of drug-likeness (QED) is 0.427. The van der Waals surface area contributed by atoms with Crippen LogP contribution in [-0.4, -0.2) is 23.0 Å². The lowest BCUT2D eigenvalue weighted by Gasteiger charge is -2.11. The molecule has 1 unspecified atom stereocenters. The molecule has 3 rings (SSSR count). The number of carboxylic acids is 1. The first-order valence-corrected chi connectivity index (χ1v) is 10.5. The summed E-state index contributed by atoms with van der Waals surface area (Å²) in [5.41, 5.74) is 1.48. The number of alkyl halides is 1. The van der Waals surface area contributed by atoms with Crippen LogP contribution in [0, 0.1) is 12.7 Å². The van der Waals surface area contributed by atoms with Crippen molar-refractivity contribution in [3.8, 4) is 10.4 Å². The third kappa shape index (κ3) is 4.89. The Morgan fingerprint density at radius 3 is 2.43 bits per heavy atom. The highest BCUT2D eigenvalue weighted by Crippen LogP contribution is 2.34. The van der Waals surface area contributed by atoms with Gasteiger partial charge in [0.05, 0.1) is 5.56 Å². The van der Waals surface area contributed by atoms with Crippen molar-refractivity contribution in [1.82, 2.24) is 0 Å². The Labute approximate surface area is 185 Å². The zero-order chi connectivity index (χ0) is 22.0. The summed E-state index contributed by atoms with van der Waals surface area (Å²) in [4.78, 5) is 24.7. The highest BCUT2D eigenvalue weighted by atomic mass is 35.5. The minimum Gasteiger partial charge on any atom is -0.478 e. The molecule has 1 N–H and O–H groups in total. The van der Waals surface area contributed by atoms with Gasteiger partial charge in [0.25, 0.3) is 0 Å². The maximum atomic E-state index is 14.6. The number of ketones is 1. The van der Waals surface area contributed by atoms with Gasteiger partial charge in [0.1, 0.15) is 5.82 Å². The molecule has 156 valence electrons. The van der Waals surface area contributed by atoms with Crippen LogP contribution < -0.4 is 0 Å². The van der Waals surface area contributed by atoms with Crippen LogP contribution >= 0.6 is 34.5 Å². The van der Waals surface area contributed by atoms with Gasteiger partial charge in [0.2, 0.25) is 0 Å². The molecule has 0 saturated carbocycles. The number of carboxylic acid groups (broad SMARTS) is 1. The number of hydrogen-bond acceptors (Lipinski definition) is 3. The van der Waals surface area contributed by atoms with Crippen LogP contribution in [0.25, 0.3) is 10.4 Å². The minimum absolute atomic E-state index is 0.0291. The Morgan fingerprint density at radius 2 is 1.80 bits per heavy atom. The van der Waals surface area contributed by atoms with Gasteiger partial charge in [-0.2, -0.15) is 0 Å². The van der Waals surface area contributed by atoms with E-state index in [1.54, 1.807) is 29.6 Å². The molecule has 0 radical (unpaired) electrons. The summed E-state index contributed by atoms with van der Waals surface area (Å²) in [6, 6.07) is 9.14. The highest BCUT2D eigenvalue weighted by Gasteiger charge is 2.25. The van der Waals surface area contributed by atoms with Crippen LogP contribution in [0.3, 0.4) is 0 Å². The van der Waals surface area contributed by atoms with Crippen LogP contribution in [0.2, 0.25) is 10.0 Å². The van der Waals surface area contributed by atoms with Crippen molar-refractivity contribution in [2.75, 3.05) is 0 Å². The van der Waals surface area contributed by atoms with E-state index in [1.807, 2.05) is 0 Å². The zero-order valence-corrected chi connectivity index (χ0v) is 18.0. The smallest absolute Gasteiger partial charge is 0.337 e. The van der Waals surface area contributed by atoms with Crippen LogP contribution in [0.15, 0.2) is 41.8 Å². The molecule has 0 fully saturated rings. The van der Waals surface area contributed by atoms with Crippen molar-refractivity contribution >= 4 is 46.3 Å². The summed E-state index contributed by atoms with van der Waals surface area (Å²) in [5.74, 6) is -2.47. The molecule has 0 amide bonds. The fourth-order valence-corrected chi connectivity index (χ4v) is 4.47. The van der Waals surface area contributed by atoms with Crippen molar-refractivity contribution < 1.29 is 23.5 Å². The second-order valence-electron chi connectivity index (χ2n) is 6.78. The first kappa shape index (κ1) is 22.4. The van der Waals surface area contributed by atoms with E-state index in [0.29, 0.717) is 26.6 Å². The van der Waals surface area contributed by atoms with Gasteiger partial charge in [-0.05, 0) is 52.8 Å². The number of hydrogen-bond donors (Lipinski definition) is 1. The maximum absolute atomic E-state index is 14.6. The lowest BCUT2D eigenvalue weighted by Crippen LogP contribution is -2.21. The summed E-state index contributed by atoms with van der Waals surface area (Å²) < 4.78 is 28.1. The molecule has 3 nitrogen and oxygen atoms in total. The van der Waals surface area contributed by atoms with E-state index in [9.17, 15) is 23.5 Å². The lowest BCUT2D eigenvalue weighted by atomic mass is 9.97. The van der Waals surface area contributed by atoms with Crippen LogP contribution in [0.5, 0.6) is 0 Å². The number of carbonyl (C=O) groups is 2. The van der Waals surface area contributed by atoms with E-state index >= 15 is 0 Å². The van der Waals surface area contributed by atoms with Gasteiger partial charge >= 0.3 is 5.97 Å². The molecular formula is C22H16Cl2F2O3S. The fourth-order valence-electron chi connectivity index (χ4n) is 3.05. The van der Waals surface area contributed by atoms with Gasteiger partial charge in [-0.25, -0.2) is 13.6 Å². The van der Waals surface area contributed by atoms with Crippen molar-refractivity contribution in [2.24, 2.45) is 0 Å². The lowest BCUT2D eigenvalue weighted by molar-refractivity contribution is -0.123. The molecule has 0 aliphatic carbocycles. The largest absolute Gasteiger partial charge is 0.478 e. The molecule has 1 aromatic heterocycles. The standard InChI is InChI=1S/C22H16Cl2F2O3S/c1-11-6-13(16(24)9-17(11)25)7-18(26)19(27)8-14-10-30-21(20(14)22(28)29)12-2-4-15(23)5-3-12/h2-6,9-10,18H,7-8H2,1H3,(H,28,29). The van der Waals surface area contributed by atoms with Gasteiger partial charge in [-0.1, -0.05) is 41.4 Å². The SMILES string of the molecule is Cc1cc(CC(F)C(=O)Cc2csc(-c3ccc(Cl)cc3)c2C(=O)O)c(Cl)cc1F. The van der Waals surface area contributed by atoms with Gasteiger partial charge in [0.15, 0.2) is 12.0 Å². The molecule has 1 heterocycles. The summed E-state index contributed by atoms with van der Waals surface area (Å²) in [6.07, 6.45) is -2.58. The van der Waals surface area contributed by atoms with Crippen molar-refractivity contribution in [3.63, 3.8) is 0 Å². The third-order valence-electron chi connectivity index (χ3n) is 4.63. The molecule has 0 aliphatic heterocycles. The number of Topliss-reactive ketones (excluding diaryl/α,β-unsaturated/α-hetero) is 1. The van der Waals surface area contributed by atoms with Gasteiger partial charge in [0, 0.05) is 27.8 Å². The van der Waals surface area contributed by atoms with E-state index in [2.05, 4.69) is 0 Å². The van der Waals surface area contributed by atoms with Gasteiger partial charge < -0.3 is 5.11 Å². The van der Waals surface area contributed by atoms with Crippen molar-refractivity contribution in [3.05, 3.63) is 79.9 Å². The highest BCUT2D eigenvalue weighted by molar-refractivity contribution is 7.14. The number of halogens is 4. The van der Waals surface area contributed by atoms with Gasteiger partial charge in [-0.15, -0.1) is 11.3 Å². The first-order chi connectivity index (χ1) is 14.2. The molecule has 3 aromatic rings. The molecule has 1 atom stereocenters. The summed E-state index contributed by atoms with van der Waals surface area (Å²) in [7, 11) is 0. The molecule has 0 bridgehead atoms. The molecule has 0 saturated heterocycles. The van der Waals surface area contributed by atoms with Crippen LogP contribution in [-0.2, 0) is 17.6 Å². The molecule has 0 spiro atoms. The predicted octanol–water partition coefficient (Wildman–Crippen LogP) is 6.56. The Morgan fingerprint density at radius 1 is 1.13 bits per heavy atom. The molecule has 30 heavy (non-hydrogen) atoms. The minimum atomic E-state index is -1.90. The Balaban J connectivity index is 1.82. The predicted molar refractivity (Wildman–Crippen MR) is 115 cm³/mol. The Bertz CT molecular complexity index is 1110. The first-order valence-electron chi connectivity index (χ1n) is 8.88. The monoisotopic (exact) mass is 468 g/mol. The number of thiophene rings is 1. The van der Waals surface area contributed by atoms with E-state index < -0.39 is 23.7 Å². The fraction of sp³-hybridized carbons (Fsp3) is 0.182. The van der Waals surface area contributed by atoms with E-state index in [4.69, 9.17) is 23.2 Å². The number of rotatable bonds is 7. The maximum Gasteiger partial charge on any atom is 0.337 e. The summed E-state index contributed by atoms with van der Waals surface area (Å²) in [5, 5.41) is 11.8. The molecule has 2 aromatic carbocycles. The van der Waals surface area contributed by atoms with E-state index in [1.165, 1.54) is 24.3 Å². The second kappa shape index (κ2) is 9.25. The Kier molecular flexibility index (Phi) is 6.91. The van der Waals surface area contributed by atoms with E-state index in [-0.39, 0.29) is 29.0 Å². The van der Waals surface area contributed by atoms with Crippen LogP contribution in [0.4, 0.5) is 8.78 Å². The number of benzene rings is 2. The molecule has 8 heteroatoms. The third-order valence-corrected chi connectivity index (χ3v) is 6.31. The zero-order valence-electron chi connectivity index (χ0n) is 15.7. The normalized spacial score (nSPS) is 12.0. The van der Waals surface area contributed by atoms with Crippen LogP contribution in [0.1, 0.15) is 27.0 Å². The Hall–Kier alpha value is -2.28. The number of carbonyl (C=O) groups excluding carboxylic acids is 1. The average Bonchev–Trinajstić information content (AvgIpc) is 3.10. The summed E-state index contributed by atoms with van der Waals surface area (Å²) in [6.45, 7) is 1.52. The van der Waals surface area contributed by atoms with E-state index in [0.717, 1.165) is 6.07 Å². The molecule has 0 aliphatic rings. The van der Waals surface area contributed by atoms with Crippen molar-refractivity contribution in [2.45, 2.75) is 25.9 Å². The second-order valence-corrected chi connectivity index (χ2v) is 8.51. The van der Waals surface area contributed by atoms with Crippen molar-refractivity contribution in [1.29, 1.82) is 0 Å². The average molecular weight is 469 g/mol. The summed E-state index contributed by atoms with van der Waals surface area (Å²) >= 11 is 13.0. The number of aryl methyl sites for hydroxylation is 1. The van der Waals surface area contributed by atoms with Gasteiger partial charge in [-0.3, -0.25) is 4.79 Å².